The number of likely N-dealkylation sites (N-methyl/N-ethyl adjacent to an activating group) is 1. The number of aryl methyl sites for hydroxylation is 1. The minimum absolute atomic E-state index is 0.0160. The van der Waals surface area contributed by atoms with Crippen LogP contribution < -0.4 is 10.6 Å². The predicted octanol–water partition coefficient (Wildman–Crippen LogP) is 1.56. The number of anilines is 1. The zero-order chi connectivity index (χ0) is 18.5. The number of rotatable bonds is 5. The number of benzene rings is 1. The van der Waals surface area contributed by atoms with Gasteiger partial charge in [0.25, 0.3) is 0 Å². The van der Waals surface area contributed by atoms with E-state index in [-0.39, 0.29) is 17.7 Å². The van der Waals surface area contributed by atoms with Crippen molar-refractivity contribution in [3.05, 3.63) is 48.3 Å². The molecule has 0 spiro atoms. The average molecular weight is 355 g/mol. The Morgan fingerprint density at radius 2 is 2.04 bits per heavy atom. The molecule has 0 aliphatic carbocycles. The summed E-state index contributed by atoms with van der Waals surface area (Å²) in [5, 5.41) is 10.2. The lowest BCUT2D eigenvalue weighted by Gasteiger charge is -2.34. The summed E-state index contributed by atoms with van der Waals surface area (Å²) in [6.45, 7) is 1.11. The van der Waals surface area contributed by atoms with Crippen molar-refractivity contribution >= 4 is 17.5 Å². The standard InChI is InChI=1S/C19H25N5O2/c1-20-17(15-11-21-23(2)12-15)19(26)24-10-6-7-14(13-24)18(25)22-16-8-4-3-5-9-16/h3-5,8-9,11-12,14,17,20H,6-7,10,13H2,1-2H3,(H,22,25). The Labute approximate surface area is 153 Å². The molecule has 2 heterocycles. The molecule has 3 rings (SSSR count). The first kappa shape index (κ1) is 18.1. The smallest absolute Gasteiger partial charge is 0.244 e. The van der Waals surface area contributed by atoms with Gasteiger partial charge in [-0.1, -0.05) is 18.2 Å². The molecular formula is C19H25N5O2. The molecule has 1 aliphatic rings. The SMILES string of the molecule is CNC(C(=O)N1CCCC(C(=O)Nc2ccccc2)C1)c1cnn(C)c1. The summed E-state index contributed by atoms with van der Waals surface area (Å²) in [7, 11) is 3.59. The molecule has 1 aromatic carbocycles. The van der Waals surface area contributed by atoms with Gasteiger partial charge in [-0.25, -0.2) is 0 Å². The maximum atomic E-state index is 13.0. The second kappa shape index (κ2) is 8.14. The maximum absolute atomic E-state index is 13.0. The lowest BCUT2D eigenvalue weighted by atomic mass is 9.96. The monoisotopic (exact) mass is 355 g/mol. The number of piperidine rings is 1. The Hall–Kier alpha value is -2.67. The molecule has 1 saturated heterocycles. The fourth-order valence-corrected chi connectivity index (χ4v) is 3.36. The molecule has 0 bridgehead atoms. The second-order valence-electron chi connectivity index (χ2n) is 6.65. The molecule has 7 heteroatoms. The van der Waals surface area contributed by atoms with E-state index in [4.69, 9.17) is 0 Å². The number of carbonyl (C=O) groups is 2. The third kappa shape index (κ3) is 4.11. The van der Waals surface area contributed by atoms with Gasteiger partial charge in [-0.2, -0.15) is 5.10 Å². The maximum Gasteiger partial charge on any atom is 0.244 e. The van der Waals surface area contributed by atoms with Crippen LogP contribution in [0.5, 0.6) is 0 Å². The molecule has 0 radical (unpaired) electrons. The Kier molecular flexibility index (Phi) is 5.68. The molecule has 138 valence electrons. The molecule has 1 aromatic heterocycles. The highest BCUT2D eigenvalue weighted by Gasteiger charge is 2.32. The summed E-state index contributed by atoms with van der Waals surface area (Å²) in [4.78, 5) is 27.3. The van der Waals surface area contributed by atoms with Gasteiger partial charge < -0.3 is 15.5 Å². The van der Waals surface area contributed by atoms with E-state index < -0.39 is 6.04 Å². The first-order chi connectivity index (χ1) is 12.6. The largest absolute Gasteiger partial charge is 0.340 e. The number of hydrogen-bond acceptors (Lipinski definition) is 4. The lowest BCUT2D eigenvalue weighted by molar-refractivity contribution is -0.136. The number of likely N-dealkylation sites (tertiary alicyclic amines) is 1. The summed E-state index contributed by atoms with van der Waals surface area (Å²) in [6.07, 6.45) is 5.15. The molecule has 2 amide bonds. The molecule has 2 atom stereocenters. The van der Waals surface area contributed by atoms with Crippen molar-refractivity contribution in [1.29, 1.82) is 0 Å². The van der Waals surface area contributed by atoms with E-state index in [1.807, 2.05) is 43.6 Å². The van der Waals surface area contributed by atoms with Crippen molar-refractivity contribution in [2.24, 2.45) is 13.0 Å². The van der Waals surface area contributed by atoms with Crippen LogP contribution in [0.4, 0.5) is 5.69 Å². The van der Waals surface area contributed by atoms with Gasteiger partial charge in [-0.3, -0.25) is 14.3 Å². The summed E-state index contributed by atoms with van der Waals surface area (Å²) >= 11 is 0. The van der Waals surface area contributed by atoms with E-state index in [1.165, 1.54) is 0 Å². The molecule has 26 heavy (non-hydrogen) atoms. The van der Waals surface area contributed by atoms with Crippen LogP contribution in [0.1, 0.15) is 24.4 Å². The Morgan fingerprint density at radius 1 is 1.27 bits per heavy atom. The second-order valence-corrected chi connectivity index (χ2v) is 6.65. The van der Waals surface area contributed by atoms with Crippen LogP contribution in [-0.4, -0.2) is 46.6 Å². The van der Waals surface area contributed by atoms with E-state index in [0.29, 0.717) is 13.1 Å². The quantitative estimate of drug-likeness (QED) is 0.853. The number of amides is 2. The van der Waals surface area contributed by atoms with Crippen molar-refractivity contribution < 1.29 is 9.59 Å². The number of aromatic nitrogens is 2. The minimum atomic E-state index is -0.445. The van der Waals surface area contributed by atoms with E-state index in [0.717, 1.165) is 24.1 Å². The first-order valence-electron chi connectivity index (χ1n) is 8.89. The minimum Gasteiger partial charge on any atom is -0.340 e. The highest BCUT2D eigenvalue weighted by molar-refractivity contribution is 5.93. The van der Waals surface area contributed by atoms with Crippen LogP contribution in [0, 0.1) is 5.92 Å². The van der Waals surface area contributed by atoms with Crippen LogP contribution in [0.2, 0.25) is 0 Å². The van der Waals surface area contributed by atoms with Crippen LogP contribution in [0.25, 0.3) is 0 Å². The zero-order valence-corrected chi connectivity index (χ0v) is 15.2. The van der Waals surface area contributed by atoms with Gasteiger partial charge in [0.2, 0.25) is 11.8 Å². The third-order valence-corrected chi connectivity index (χ3v) is 4.74. The van der Waals surface area contributed by atoms with Crippen molar-refractivity contribution in [3.8, 4) is 0 Å². The molecule has 7 nitrogen and oxygen atoms in total. The van der Waals surface area contributed by atoms with E-state index in [2.05, 4.69) is 15.7 Å². The molecule has 1 aliphatic heterocycles. The van der Waals surface area contributed by atoms with Gasteiger partial charge in [0.15, 0.2) is 0 Å². The lowest BCUT2D eigenvalue weighted by Crippen LogP contribution is -2.47. The molecular weight excluding hydrogens is 330 g/mol. The number of para-hydroxylation sites is 1. The van der Waals surface area contributed by atoms with E-state index in [9.17, 15) is 9.59 Å². The Bertz CT molecular complexity index is 758. The zero-order valence-electron chi connectivity index (χ0n) is 15.2. The Balaban J connectivity index is 1.65. The fourth-order valence-electron chi connectivity index (χ4n) is 3.36. The molecule has 2 N–H and O–H groups in total. The van der Waals surface area contributed by atoms with Gasteiger partial charge in [0, 0.05) is 37.6 Å². The number of nitrogens with one attached hydrogen (secondary N) is 2. The van der Waals surface area contributed by atoms with E-state index in [1.54, 1.807) is 22.8 Å². The highest BCUT2D eigenvalue weighted by Crippen LogP contribution is 2.22. The van der Waals surface area contributed by atoms with Gasteiger partial charge >= 0.3 is 0 Å². The molecule has 2 unspecified atom stereocenters. The average Bonchev–Trinajstić information content (AvgIpc) is 3.09. The van der Waals surface area contributed by atoms with Gasteiger partial charge in [0.05, 0.1) is 12.1 Å². The first-order valence-corrected chi connectivity index (χ1v) is 8.89. The van der Waals surface area contributed by atoms with Crippen molar-refractivity contribution in [2.75, 3.05) is 25.5 Å². The fraction of sp³-hybridized carbons (Fsp3) is 0.421. The summed E-state index contributed by atoms with van der Waals surface area (Å²) < 4.78 is 1.68. The molecule has 2 aromatic rings. The third-order valence-electron chi connectivity index (χ3n) is 4.74. The summed E-state index contributed by atoms with van der Waals surface area (Å²) in [5.41, 5.74) is 1.61. The highest BCUT2D eigenvalue weighted by atomic mass is 16.2. The van der Waals surface area contributed by atoms with E-state index >= 15 is 0 Å². The van der Waals surface area contributed by atoms with Gasteiger partial charge in [-0.05, 0) is 32.0 Å². The summed E-state index contributed by atoms with van der Waals surface area (Å²) in [6, 6.07) is 8.97. The van der Waals surface area contributed by atoms with Gasteiger partial charge in [0.1, 0.15) is 6.04 Å². The van der Waals surface area contributed by atoms with Crippen LogP contribution in [-0.2, 0) is 16.6 Å². The van der Waals surface area contributed by atoms with Crippen LogP contribution in [0.15, 0.2) is 42.7 Å². The number of hydrogen-bond donors (Lipinski definition) is 2. The van der Waals surface area contributed by atoms with Gasteiger partial charge in [-0.15, -0.1) is 0 Å². The molecule has 0 saturated carbocycles. The molecule has 1 fully saturated rings. The topological polar surface area (TPSA) is 79.3 Å². The normalized spacial score (nSPS) is 18.4. The summed E-state index contributed by atoms with van der Waals surface area (Å²) in [5.74, 6) is -0.242. The number of carbonyl (C=O) groups excluding carboxylic acids is 2. The van der Waals surface area contributed by atoms with Crippen LogP contribution >= 0.6 is 0 Å². The number of nitrogens with zero attached hydrogens (tertiary/aromatic N) is 3. The van der Waals surface area contributed by atoms with Crippen LogP contribution in [0.3, 0.4) is 0 Å². The predicted molar refractivity (Wildman–Crippen MR) is 99.4 cm³/mol. The Morgan fingerprint density at radius 3 is 2.69 bits per heavy atom. The van der Waals surface area contributed by atoms with Crippen molar-refractivity contribution in [2.45, 2.75) is 18.9 Å². The van der Waals surface area contributed by atoms with Crippen molar-refractivity contribution in [3.63, 3.8) is 0 Å². The van der Waals surface area contributed by atoms with Crippen molar-refractivity contribution in [1.82, 2.24) is 20.0 Å².